The molecule has 0 saturated carbocycles. The van der Waals surface area contributed by atoms with Gasteiger partial charge >= 0.3 is 0 Å². The number of amides is 1. The molecule has 0 aliphatic heterocycles. The van der Waals surface area contributed by atoms with Crippen molar-refractivity contribution >= 4 is 16.9 Å². The van der Waals surface area contributed by atoms with Crippen LogP contribution in [0, 0.1) is 20.8 Å². The van der Waals surface area contributed by atoms with Crippen LogP contribution < -0.4 is 0 Å². The third-order valence-electron chi connectivity index (χ3n) is 5.66. The number of hydrogen-bond acceptors (Lipinski definition) is 4. The molecule has 0 bridgehead atoms. The summed E-state index contributed by atoms with van der Waals surface area (Å²) < 4.78 is 3.56. The molecule has 4 aromatic rings. The molecule has 0 saturated heterocycles. The molecule has 0 fully saturated rings. The Morgan fingerprint density at radius 2 is 1.77 bits per heavy atom. The number of benzene rings is 1. The van der Waals surface area contributed by atoms with Gasteiger partial charge in [-0.15, -0.1) is 0 Å². The molecule has 1 amide bonds. The molecule has 0 N–H and O–H groups in total. The van der Waals surface area contributed by atoms with E-state index < -0.39 is 0 Å². The van der Waals surface area contributed by atoms with Crippen LogP contribution in [0.25, 0.3) is 22.2 Å². The number of pyridine rings is 1. The third-order valence-corrected chi connectivity index (χ3v) is 5.66. The summed E-state index contributed by atoms with van der Waals surface area (Å²) in [6.45, 7) is 6.62. The molecule has 154 valence electrons. The molecule has 7 nitrogen and oxygen atoms in total. The van der Waals surface area contributed by atoms with Gasteiger partial charge in [-0.05, 0) is 38.0 Å². The van der Waals surface area contributed by atoms with Gasteiger partial charge in [0.1, 0.15) is 6.54 Å². The normalized spacial score (nSPS) is 11.2. The van der Waals surface area contributed by atoms with Gasteiger partial charge in [0.25, 0.3) is 0 Å². The lowest BCUT2D eigenvalue weighted by Crippen LogP contribution is -2.30. The Balaban J connectivity index is 1.62. The Hall–Kier alpha value is -3.48. The van der Waals surface area contributed by atoms with Crippen molar-refractivity contribution in [3.63, 3.8) is 0 Å². The molecular formula is C23H26N6O. The van der Waals surface area contributed by atoms with Gasteiger partial charge in [0, 0.05) is 43.5 Å². The predicted octanol–water partition coefficient (Wildman–Crippen LogP) is 3.42. The van der Waals surface area contributed by atoms with E-state index in [4.69, 9.17) is 0 Å². The van der Waals surface area contributed by atoms with Gasteiger partial charge in [-0.3, -0.25) is 9.48 Å². The van der Waals surface area contributed by atoms with E-state index in [1.54, 1.807) is 15.8 Å². The van der Waals surface area contributed by atoms with E-state index in [-0.39, 0.29) is 12.5 Å². The SMILES string of the molecule is Cc1nn(C)c(C)c1CN(C)C(=O)Cn1nc(C)c2c(-c3ccccc3)ccnc21. The minimum Gasteiger partial charge on any atom is -0.340 e. The van der Waals surface area contributed by atoms with E-state index >= 15 is 0 Å². The zero-order valence-electron chi connectivity index (χ0n) is 18.0. The maximum atomic E-state index is 13.0. The summed E-state index contributed by atoms with van der Waals surface area (Å²) in [5, 5.41) is 10.1. The Kier molecular flexibility index (Phi) is 5.11. The summed E-state index contributed by atoms with van der Waals surface area (Å²) >= 11 is 0. The first-order valence-corrected chi connectivity index (χ1v) is 9.97. The van der Waals surface area contributed by atoms with Crippen LogP contribution in [0.1, 0.15) is 22.6 Å². The fourth-order valence-electron chi connectivity index (χ4n) is 3.87. The van der Waals surface area contributed by atoms with Crippen molar-refractivity contribution in [3.05, 3.63) is 65.2 Å². The van der Waals surface area contributed by atoms with Gasteiger partial charge in [0.2, 0.25) is 5.91 Å². The van der Waals surface area contributed by atoms with E-state index in [0.29, 0.717) is 6.54 Å². The van der Waals surface area contributed by atoms with Crippen molar-refractivity contribution in [2.75, 3.05) is 7.05 Å². The molecular weight excluding hydrogens is 376 g/mol. The van der Waals surface area contributed by atoms with Crippen LogP contribution in [0.5, 0.6) is 0 Å². The minimum atomic E-state index is -0.0195. The highest BCUT2D eigenvalue weighted by Crippen LogP contribution is 2.29. The standard InChI is InChI=1S/C23H26N6O/c1-15-20(17(3)28(5)25-15)13-27(4)21(30)14-29-23-22(16(2)26-29)19(11-12-24-23)18-9-7-6-8-10-18/h6-12H,13-14H2,1-5H3. The average Bonchev–Trinajstić information content (AvgIpc) is 3.18. The number of carbonyl (C=O) groups excluding carboxylic acids is 1. The lowest BCUT2D eigenvalue weighted by atomic mass is 10.0. The van der Waals surface area contributed by atoms with Crippen LogP contribution in [0.4, 0.5) is 0 Å². The first-order chi connectivity index (χ1) is 14.4. The van der Waals surface area contributed by atoms with Gasteiger partial charge in [-0.25, -0.2) is 9.67 Å². The highest BCUT2D eigenvalue weighted by atomic mass is 16.2. The second kappa shape index (κ2) is 7.74. The van der Waals surface area contributed by atoms with Gasteiger partial charge in [-0.2, -0.15) is 10.2 Å². The highest BCUT2D eigenvalue weighted by molar-refractivity contribution is 5.95. The quantitative estimate of drug-likeness (QED) is 0.513. The monoisotopic (exact) mass is 402 g/mol. The van der Waals surface area contributed by atoms with E-state index in [9.17, 15) is 4.79 Å². The van der Waals surface area contributed by atoms with E-state index in [2.05, 4.69) is 27.3 Å². The molecule has 1 aromatic carbocycles. The van der Waals surface area contributed by atoms with E-state index in [1.165, 1.54) is 0 Å². The van der Waals surface area contributed by atoms with Crippen LogP contribution in [0.3, 0.4) is 0 Å². The summed E-state index contributed by atoms with van der Waals surface area (Å²) in [5.74, 6) is -0.0195. The van der Waals surface area contributed by atoms with Crippen LogP contribution in [-0.2, 0) is 24.9 Å². The Labute approximate surface area is 176 Å². The number of nitrogens with zero attached hydrogens (tertiary/aromatic N) is 6. The summed E-state index contributed by atoms with van der Waals surface area (Å²) in [7, 11) is 3.73. The Morgan fingerprint density at radius 1 is 1.03 bits per heavy atom. The second-order valence-electron chi connectivity index (χ2n) is 7.69. The van der Waals surface area contributed by atoms with E-state index in [0.717, 1.165) is 44.8 Å². The largest absolute Gasteiger partial charge is 0.340 e. The zero-order valence-corrected chi connectivity index (χ0v) is 18.0. The predicted molar refractivity (Wildman–Crippen MR) is 117 cm³/mol. The molecule has 3 aromatic heterocycles. The van der Waals surface area contributed by atoms with Crippen molar-refractivity contribution < 1.29 is 4.79 Å². The number of hydrogen-bond donors (Lipinski definition) is 0. The lowest BCUT2D eigenvalue weighted by molar-refractivity contribution is -0.131. The van der Waals surface area contributed by atoms with Crippen LogP contribution in [-0.4, -0.2) is 42.4 Å². The maximum absolute atomic E-state index is 13.0. The molecule has 4 rings (SSSR count). The topological polar surface area (TPSA) is 68.8 Å². The summed E-state index contributed by atoms with van der Waals surface area (Å²) in [5.41, 5.74) is 6.88. The maximum Gasteiger partial charge on any atom is 0.244 e. The third kappa shape index (κ3) is 3.47. The fourth-order valence-corrected chi connectivity index (χ4v) is 3.87. The second-order valence-corrected chi connectivity index (χ2v) is 7.69. The first kappa shape index (κ1) is 19.8. The first-order valence-electron chi connectivity index (χ1n) is 9.97. The number of likely N-dealkylation sites (N-methyl/N-ethyl adjacent to an activating group) is 1. The van der Waals surface area contributed by atoms with Gasteiger partial charge in [0.15, 0.2) is 5.65 Å². The molecule has 30 heavy (non-hydrogen) atoms. The highest BCUT2D eigenvalue weighted by Gasteiger charge is 2.19. The number of carbonyl (C=O) groups is 1. The molecule has 7 heteroatoms. The van der Waals surface area contributed by atoms with Crippen molar-refractivity contribution in [2.24, 2.45) is 7.05 Å². The van der Waals surface area contributed by atoms with Crippen molar-refractivity contribution in [3.8, 4) is 11.1 Å². The number of aryl methyl sites for hydroxylation is 3. The molecule has 0 atom stereocenters. The van der Waals surface area contributed by atoms with Gasteiger partial charge < -0.3 is 4.90 Å². The van der Waals surface area contributed by atoms with Crippen LogP contribution in [0.15, 0.2) is 42.6 Å². The smallest absolute Gasteiger partial charge is 0.244 e. The molecule has 0 aliphatic carbocycles. The molecule has 0 unspecified atom stereocenters. The molecule has 0 radical (unpaired) electrons. The van der Waals surface area contributed by atoms with Crippen molar-refractivity contribution in [1.29, 1.82) is 0 Å². The summed E-state index contributed by atoms with van der Waals surface area (Å²) in [6.07, 6.45) is 1.78. The summed E-state index contributed by atoms with van der Waals surface area (Å²) in [4.78, 5) is 19.2. The van der Waals surface area contributed by atoms with Gasteiger partial charge in [-0.1, -0.05) is 30.3 Å². The van der Waals surface area contributed by atoms with Crippen LogP contribution in [0.2, 0.25) is 0 Å². The van der Waals surface area contributed by atoms with Crippen molar-refractivity contribution in [2.45, 2.75) is 33.9 Å². The Morgan fingerprint density at radius 3 is 2.43 bits per heavy atom. The van der Waals surface area contributed by atoms with Crippen molar-refractivity contribution in [1.82, 2.24) is 29.4 Å². The molecule has 3 heterocycles. The average molecular weight is 403 g/mol. The zero-order chi connectivity index (χ0) is 21.4. The number of aromatic nitrogens is 5. The minimum absolute atomic E-state index is 0.0195. The lowest BCUT2D eigenvalue weighted by Gasteiger charge is -2.17. The number of fused-ring (bicyclic) bond motifs is 1. The fraction of sp³-hybridized carbons (Fsp3) is 0.304. The number of rotatable bonds is 5. The summed E-state index contributed by atoms with van der Waals surface area (Å²) in [6, 6.07) is 12.2. The molecule has 0 spiro atoms. The Bertz CT molecular complexity index is 1220. The van der Waals surface area contributed by atoms with Gasteiger partial charge in [0.05, 0.1) is 11.4 Å². The van der Waals surface area contributed by atoms with Crippen LogP contribution >= 0.6 is 0 Å². The molecule has 0 aliphatic rings. The van der Waals surface area contributed by atoms with E-state index in [1.807, 2.05) is 63.8 Å².